The normalized spacial score (nSPS) is 10.5. The molecular weight excluding hydrogens is 320 g/mol. The first kappa shape index (κ1) is 16.6. The number of aromatic nitrogens is 1. The Balaban J connectivity index is 1.71. The summed E-state index contributed by atoms with van der Waals surface area (Å²) < 4.78 is 0. The second-order valence-corrected chi connectivity index (χ2v) is 6.33. The van der Waals surface area contributed by atoms with Crippen molar-refractivity contribution in [3.8, 4) is 0 Å². The molecule has 1 aromatic heterocycles. The Labute approximate surface area is 138 Å². The summed E-state index contributed by atoms with van der Waals surface area (Å²) in [6, 6.07) is 6.87. The molecular formula is C16H17ClN2O2S. The third kappa shape index (κ3) is 4.93. The minimum atomic E-state index is -0.132. The van der Waals surface area contributed by atoms with Crippen molar-refractivity contribution in [1.82, 2.24) is 10.3 Å². The highest BCUT2D eigenvalue weighted by Crippen LogP contribution is 2.17. The van der Waals surface area contributed by atoms with E-state index in [0.717, 1.165) is 10.7 Å². The van der Waals surface area contributed by atoms with Crippen LogP contribution >= 0.6 is 22.9 Å². The number of aryl methyl sites for hydroxylation is 1. The third-order valence-corrected chi connectivity index (χ3v) is 4.28. The summed E-state index contributed by atoms with van der Waals surface area (Å²) in [4.78, 5) is 28.1. The maximum atomic E-state index is 12.0. The van der Waals surface area contributed by atoms with Gasteiger partial charge in [-0.05, 0) is 19.1 Å². The van der Waals surface area contributed by atoms with Crippen LogP contribution in [0.3, 0.4) is 0 Å². The fourth-order valence-electron chi connectivity index (χ4n) is 1.99. The van der Waals surface area contributed by atoms with E-state index in [9.17, 15) is 9.59 Å². The Kier molecular flexibility index (Phi) is 6.10. The van der Waals surface area contributed by atoms with Gasteiger partial charge in [0.1, 0.15) is 0 Å². The number of carbonyl (C=O) groups excluding carboxylic acids is 2. The minimum absolute atomic E-state index is 0.115. The second kappa shape index (κ2) is 8.06. The molecule has 0 radical (unpaired) electrons. The summed E-state index contributed by atoms with van der Waals surface area (Å²) in [7, 11) is 0. The standard InChI is InChI=1S/C16H17ClN2O2S/c1-11-19-12(10-22-11)8-9-18-16(21)7-6-15(20)13-4-2-3-5-14(13)17/h2-5,10H,6-9H2,1H3,(H,18,21). The molecule has 6 heteroatoms. The lowest BCUT2D eigenvalue weighted by Gasteiger charge is -2.05. The lowest BCUT2D eigenvalue weighted by Crippen LogP contribution is -2.26. The van der Waals surface area contributed by atoms with Crippen LogP contribution < -0.4 is 5.32 Å². The van der Waals surface area contributed by atoms with E-state index >= 15 is 0 Å². The molecule has 1 aromatic carbocycles. The van der Waals surface area contributed by atoms with Crippen LogP contribution in [0.25, 0.3) is 0 Å². The molecule has 0 fully saturated rings. The van der Waals surface area contributed by atoms with E-state index in [1.54, 1.807) is 35.6 Å². The van der Waals surface area contributed by atoms with Crippen LogP contribution in [0.15, 0.2) is 29.6 Å². The van der Waals surface area contributed by atoms with Crippen molar-refractivity contribution in [2.24, 2.45) is 0 Å². The number of carbonyl (C=O) groups is 2. The molecule has 0 saturated carbocycles. The first-order valence-corrected chi connectivity index (χ1v) is 8.27. The van der Waals surface area contributed by atoms with E-state index in [0.29, 0.717) is 23.6 Å². The average molecular weight is 337 g/mol. The van der Waals surface area contributed by atoms with Gasteiger partial charge in [0.25, 0.3) is 0 Å². The van der Waals surface area contributed by atoms with E-state index in [2.05, 4.69) is 10.3 Å². The summed E-state index contributed by atoms with van der Waals surface area (Å²) in [5.41, 5.74) is 1.45. The highest BCUT2D eigenvalue weighted by atomic mass is 35.5. The number of hydrogen-bond donors (Lipinski definition) is 1. The van der Waals surface area contributed by atoms with Crippen LogP contribution in [-0.4, -0.2) is 23.2 Å². The van der Waals surface area contributed by atoms with Crippen LogP contribution in [0.4, 0.5) is 0 Å². The molecule has 2 aromatic rings. The number of ketones is 1. The molecule has 0 spiro atoms. The maximum Gasteiger partial charge on any atom is 0.220 e. The van der Waals surface area contributed by atoms with Gasteiger partial charge in [0.05, 0.1) is 15.7 Å². The Hall–Kier alpha value is -1.72. The predicted molar refractivity (Wildman–Crippen MR) is 88.6 cm³/mol. The summed E-state index contributed by atoms with van der Waals surface area (Å²) in [5, 5.41) is 6.23. The van der Waals surface area contributed by atoms with Crippen molar-refractivity contribution < 1.29 is 9.59 Å². The van der Waals surface area contributed by atoms with E-state index in [1.165, 1.54) is 0 Å². The fourth-order valence-corrected chi connectivity index (χ4v) is 2.88. The Morgan fingerprint density at radius 1 is 1.27 bits per heavy atom. The number of hydrogen-bond acceptors (Lipinski definition) is 4. The van der Waals surface area contributed by atoms with Gasteiger partial charge in [-0.25, -0.2) is 4.98 Å². The van der Waals surface area contributed by atoms with E-state index < -0.39 is 0 Å². The van der Waals surface area contributed by atoms with Crippen LogP contribution in [0.1, 0.15) is 33.9 Å². The number of nitrogens with one attached hydrogen (secondary N) is 1. The molecule has 22 heavy (non-hydrogen) atoms. The molecule has 2 rings (SSSR count). The van der Waals surface area contributed by atoms with E-state index in [4.69, 9.17) is 11.6 Å². The summed E-state index contributed by atoms with van der Waals surface area (Å²) in [6.45, 7) is 2.48. The van der Waals surface area contributed by atoms with Gasteiger partial charge in [-0.1, -0.05) is 23.7 Å². The van der Waals surface area contributed by atoms with Crippen molar-refractivity contribution in [3.63, 3.8) is 0 Å². The molecule has 0 saturated heterocycles. The molecule has 0 unspecified atom stereocenters. The molecule has 0 atom stereocenters. The molecule has 0 aliphatic heterocycles. The highest BCUT2D eigenvalue weighted by molar-refractivity contribution is 7.09. The van der Waals surface area contributed by atoms with E-state index in [1.807, 2.05) is 12.3 Å². The zero-order chi connectivity index (χ0) is 15.9. The van der Waals surface area contributed by atoms with Crippen LogP contribution in [0, 0.1) is 6.92 Å². The molecule has 0 aliphatic rings. The number of thiazole rings is 1. The van der Waals surface area contributed by atoms with Crippen LogP contribution in [0.5, 0.6) is 0 Å². The van der Waals surface area contributed by atoms with Crippen molar-refractivity contribution >= 4 is 34.6 Å². The molecule has 1 amide bonds. The van der Waals surface area contributed by atoms with Crippen LogP contribution in [-0.2, 0) is 11.2 Å². The second-order valence-electron chi connectivity index (χ2n) is 4.86. The summed E-state index contributed by atoms with van der Waals surface area (Å²) >= 11 is 7.56. The number of benzene rings is 1. The smallest absolute Gasteiger partial charge is 0.220 e. The van der Waals surface area contributed by atoms with E-state index in [-0.39, 0.29) is 24.5 Å². The maximum absolute atomic E-state index is 12.0. The van der Waals surface area contributed by atoms with Crippen molar-refractivity contribution in [2.45, 2.75) is 26.2 Å². The quantitative estimate of drug-likeness (QED) is 0.788. The predicted octanol–water partition coefficient (Wildman–Crippen LogP) is 3.43. The van der Waals surface area contributed by atoms with Gasteiger partial charge in [-0.3, -0.25) is 9.59 Å². The van der Waals surface area contributed by atoms with Crippen molar-refractivity contribution in [2.75, 3.05) is 6.54 Å². The van der Waals surface area contributed by atoms with Gasteiger partial charge >= 0.3 is 0 Å². The minimum Gasteiger partial charge on any atom is -0.356 e. The molecule has 1 N–H and O–H groups in total. The number of nitrogens with zero attached hydrogens (tertiary/aromatic N) is 1. The number of Topliss-reactive ketones (excluding diaryl/α,β-unsaturated/α-hetero) is 1. The van der Waals surface area contributed by atoms with Gasteiger partial charge < -0.3 is 5.32 Å². The Bertz CT molecular complexity index is 670. The number of halogens is 1. The first-order chi connectivity index (χ1) is 10.6. The topological polar surface area (TPSA) is 59.1 Å². The fraction of sp³-hybridized carbons (Fsp3) is 0.312. The highest BCUT2D eigenvalue weighted by Gasteiger charge is 2.11. The third-order valence-electron chi connectivity index (χ3n) is 3.12. The average Bonchev–Trinajstić information content (AvgIpc) is 2.91. The van der Waals surface area contributed by atoms with Gasteiger partial charge in [0, 0.05) is 36.8 Å². The zero-order valence-corrected chi connectivity index (χ0v) is 13.8. The molecule has 116 valence electrons. The first-order valence-electron chi connectivity index (χ1n) is 7.01. The summed E-state index contributed by atoms with van der Waals surface area (Å²) in [6.07, 6.45) is 1.03. The molecule has 0 aliphatic carbocycles. The lowest BCUT2D eigenvalue weighted by molar-refractivity contribution is -0.121. The van der Waals surface area contributed by atoms with Gasteiger partial charge in [-0.2, -0.15) is 0 Å². The SMILES string of the molecule is Cc1nc(CCNC(=O)CCC(=O)c2ccccc2Cl)cs1. The van der Waals surface area contributed by atoms with Gasteiger partial charge in [0.2, 0.25) is 5.91 Å². The summed E-state index contributed by atoms with van der Waals surface area (Å²) in [5.74, 6) is -0.247. The van der Waals surface area contributed by atoms with Gasteiger partial charge in [-0.15, -0.1) is 11.3 Å². The monoisotopic (exact) mass is 336 g/mol. The Morgan fingerprint density at radius 2 is 2.05 bits per heavy atom. The largest absolute Gasteiger partial charge is 0.356 e. The lowest BCUT2D eigenvalue weighted by atomic mass is 10.1. The number of amides is 1. The van der Waals surface area contributed by atoms with Crippen molar-refractivity contribution in [1.29, 1.82) is 0 Å². The molecule has 4 nitrogen and oxygen atoms in total. The van der Waals surface area contributed by atoms with Crippen molar-refractivity contribution in [3.05, 3.63) is 50.9 Å². The molecule has 0 bridgehead atoms. The molecule has 1 heterocycles. The zero-order valence-electron chi connectivity index (χ0n) is 12.3. The number of rotatable bonds is 7. The Morgan fingerprint density at radius 3 is 2.73 bits per heavy atom. The van der Waals surface area contributed by atoms with Gasteiger partial charge in [0.15, 0.2) is 5.78 Å². The van der Waals surface area contributed by atoms with Crippen LogP contribution in [0.2, 0.25) is 5.02 Å².